The van der Waals surface area contributed by atoms with Crippen LogP contribution in [0, 0.1) is 0 Å². The fraction of sp³-hybridized carbons (Fsp3) is 0.483. The molecule has 1 aliphatic rings. The van der Waals surface area contributed by atoms with Gasteiger partial charge in [0.15, 0.2) is 0 Å². The maximum atomic E-state index is 13.2. The molecule has 1 fully saturated rings. The van der Waals surface area contributed by atoms with E-state index >= 15 is 0 Å². The summed E-state index contributed by atoms with van der Waals surface area (Å²) in [5, 5.41) is 5.71. The molecule has 2 atom stereocenters. The predicted octanol–water partition coefficient (Wildman–Crippen LogP) is -0.280. The molecule has 1 heterocycles. The van der Waals surface area contributed by atoms with Gasteiger partial charge in [0.2, 0.25) is 17.7 Å². The number of hydrogen-bond donors (Lipinski definition) is 5. The molecular weight excluding hydrogens is 510 g/mol. The molecule has 3 rings (SSSR count). The number of anilines is 1. The Morgan fingerprint density at radius 1 is 0.900 bits per heavy atom. The first kappa shape index (κ1) is 31.0. The van der Waals surface area contributed by atoms with Gasteiger partial charge in [-0.05, 0) is 36.1 Å². The molecule has 11 nitrogen and oxygen atoms in total. The second-order valence-electron chi connectivity index (χ2n) is 9.84. The summed E-state index contributed by atoms with van der Waals surface area (Å²) in [6.07, 6.45) is 0.765. The quantitative estimate of drug-likeness (QED) is 0.201. The van der Waals surface area contributed by atoms with E-state index in [0.717, 1.165) is 29.9 Å². The van der Waals surface area contributed by atoms with Gasteiger partial charge in [0, 0.05) is 51.5 Å². The highest BCUT2D eigenvalue weighted by Crippen LogP contribution is 2.17. The first-order valence-electron chi connectivity index (χ1n) is 13.9. The van der Waals surface area contributed by atoms with Gasteiger partial charge in [-0.15, -0.1) is 0 Å². The standard InChI is InChI=1S/C29H43N7O4/c30-12-14-36(15-13-31)27(37)20-25(32)28(38)34-26(11-8-22-4-2-1-3-5-22)29(39)33-21-23-6-9-24(10-7-23)35-16-18-40-19-17-35/h1-7,9-10,25-26H,8,11-21,30-32H2,(H,33,39)(H,34,38). The van der Waals surface area contributed by atoms with Crippen molar-refractivity contribution >= 4 is 23.4 Å². The Kier molecular flexibility index (Phi) is 12.8. The largest absolute Gasteiger partial charge is 0.378 e. The minimum absolute atomic E-state index is 0.200. The number of benzene rings is 2. The van der Waals surface area contributed by atoms with Crippen LogP contribution in [0.3, 0.4) is 0 Å². The van der Waals surface area contributed by atoms with Crippen LogP contribution in [0.25, 0.3) is 0 Å². The summed E-state index contributed by atoms with van der Waals surface area (Å²) in [6.45, 7) is 4.68. The number of carbonyl (C=O) groups excluding carboxylic acids is 3. The average molecular weight is 554 g/mol. The van der Waals surface area contributed by atoms with Crippen LogP contribution in [-0.2, 0) is 32.1 Å². The summed E-state index contributed by atoms with van der Waals surface area (Å²) < 4.78 is 5.42. The van der Waals surface area contributed by atoms with E-state index in [1.54, 1.807) is 0 Å². The number of nitrogens with zero attached hydrogens (tertiary/aromatic N) is 2. The van der Waals surface area contributed by atoms with E-state index in [0.29, 0.717) is 45.7 Å². The Hall–Kier alpha value is -3.51. The van der Waals surface area contributed by atoms with E-state index in [9.17, 15) is 14.4 Å². The predicted molar refractivity (Wildman–Crippen MR) is 155 cm³/mol. The summed E-state index contributed by atoms with van der Waals surface area (Å²) in [6, 6.07) is 15.9. The van der Waals surface area contributed by atoms with E-state index in [1.807, 2.05) is 54.6 Å². The van der Waals surface area contributed by atoms with E-state index < -0.39 is 18.0 Å². The van der Waals surface area contributed by atoms with Gasteiger partial charge in [-0.1, -0.05) is 42.5 Å². The maximum Gasteiger partial charge on any atom is 0.242 e. The van der Waals surface area contributed by atoms with Crippen molar-refractivity contribution in [2.75, 3.05) is 57.4 Å². The molecule has 2 aromatic carbocycles. The van der Waals surface area contributed by atoms with Gasteiger partial charge in [-0.2, -0.15) is 0 Å². The van der Waals surface area contributed by atoms with Crippen molar-refractivity contribution in [2.45, 2.75) is 37.9 Å². The molecule has 0 saturated carbocycles. The van der Waals surface area contributed by atoms with Crippen LogP contribution in [0.2, 0.25) is 0 Å². The Morgan fingerprint density at radius 3 is 2.17 bits per heavy atom. The number of carbonyl (C=O) groups is 3. The number of morpholine rings is 1. The van der Waals surface area contributed by atoms with Gasteiger partial charge in [0.05, 0.1) is 25.7 Å². The summed E-state index contributed by atoms with van der Waals surface area (Å²) in [5.41, 5.74) is 20.4. The summed E-state index contributed by atoms with van der Waals surface area (Å²) >= 11 is 0. The highest BCUT2D eigenvalue weighted by molar-refractivity contribution is 5.92. The van der Waals surface area contributed by atoms with E-state index in [1.165, 1.54) is 4.90 Å². The smallest absolute Gasteiger partial charge is 0.242 e. The van der Waals surface area contributed by atoms with Gasteiger partial charge in [-0.25, -0.2) is 0 Å². The molecule has 0 bridgehead atoms. The minimum atomic E-state index is -1.11. The normalized spacial score (nSPS) is 14.7. The molecule has 0 radical (unpaired) electrons. The molecule has 3 amide bonds. The SMILES string of the molecule is NCCN(CCN)C(=O)CC(N)C(=O)NC(CCc1ccccc1)C(=O)NCc1ccc(N2CCOCC2)cc1. The molecule has 0 aliphatic carbocycles. The summed E-state index contributed by atoms with van der Waals surface area (Å²) in [7, 11) is 0. The van der Waals surface area contributed by atoms with Crippen LogP contribution in [0.1, 0.15) is 24.0 Å². The maximum absolute atomic E-state index is 13.2. The average Bonchev–Trinajstić information content (AvgIpc) is 2.99. The van der Waals surface area contributed by atoms with Crippen molar-refractivity contribution in [2.24, 2.45) is 17.2 Å². The van der Waals surface area contributed by atoms with E-state index in [4.69, 9.17) is 21.9 Å². The summed E-state index contributed by atoms with van der Waals surface area (Å²) in [4.78, 5) is 42.6. The fourth-order valence-corrected chi connectivity index (χ4v) is 4.54. The molecule has 1 saturated heterocycles. The molecule has 11 heteroatoms. The lowest BCUT2D eigenvalue weighted by molar-refractivity contribution is -0.135. The molecule has 2 unspecified atom stereocenters. The molecule has 218 valence electrons. The molecule has 2 aromatic rings. The lowest BCUT2D eigenvalue weighted by Crippen LogP contribution is -2.53. The molecule has 40 heavy (non-hydrogen) atoms. The van der Waals surface area contributed by atoms with Gasteiger partial charge in [0.1, 0.15) is 6.04 Å². The fourth-order valence-electron chi connectivity index (χ4n) is 4.54. The van der Waals surface area contributed by atoms with Crippen molar-refractivity contribution in [1.82, 2.24) is 15.5 Å². The zero-order valence-electron chi connectivity index (χ0n) is 23.1. The number of ether oxygens (including phenoxy) is 1. The number of rotatable bonds is 15. The van der Waals surface area contributed by atoms with Crippen LogP contribution >= 0.6 is 0 Å². The van der Waals surface area contributed by atoms with Crippen molar-refractivity contribution in [3.05, 3.63) is 65.7 Å². The number of amides is 3. The van der Waals surface area contributed by atoms with Crippen LogP contribution in [0.15, 0.2) is 54.6 Å². The first-order chi connectivity index (χ1) is 19.4. The number of nitrogens with one attached hydrogen (secondary N) is 2. The van der Waals surface area contributed by atoms with Crippen molar-refractivity contribution in [3.63, 3.8) is 0 Å². The highest BCUT2D eigenvalue weighted by Gasteiger charge is 2.26. The Morgan fingerprint density at radius 2 is 1.55 bits per heavy atom. The van der Waals surface area contributed by atoms with Crippen molar-refractivity contribution < 1.29 is 19.1 Å². The van der Waals surface area contributed by atoms with Crippen molar-refractivity contribution in [3.8, 4) is 0 Å². The molecule has 0 aromatic heterocycles. The number of nitrogens with two attached hydrogens (primary N) is 3. The zero-order chi connectivity index (χ0) is 28.7. The van der Waals surface area contributed by atoms with Crippen LogP contribution in [0.5, 0.6) is 0 Å². The second-order valence-corrected chi connectivity index (χ2v) is 9.84. The van der Waals surface area contributed by atoms with Crippen LogP contribution in [-0.4, -0.2) is 87.2 Å². The topological polar surface area (TPSA) is 169 Å². The Labute approximate surface area is 236 Å². The summed E-state index contributed by atoms with van der Waals surface area (Å²) in [5.74, 6) is -1.17. The Balaban J connectivity index is 1.59. The van der Waals surface area contributed by atoms with Gasteiger partial charge >= 0.3 is 0 Å². The molecule has 0 spiro atoms. The molecule has 8 N–H and O–H groups in total. The van der Waals surface area contributed by atoms with Crippen molar-refractivity contribution in [1.29, 1.82) is 0 Å². The number of aryl methyl sites for hydroxylation is 1. The molecule has 1 aliphatic heterocycles. The lowest BCUT2D eigenvalue weighted by Gasteiger charge is -2.29. The first-order valence-corrected chi connectivity index (χ1v) is 13.9. The van der Waals surface area contributed by atoms with Gasteiger partial charge in [0.25, 0.3) is 0 Å². The van der Waals surface area contributed by atoms with Gasteiger partial charge in [-0.3, -0.25) is 14.4 Å². The van der Waals surface area contributed by atoms with E-state index in [-0.39, 0.29) is 31.3 Å². The zero-order valence-corrected chi connectivity index (χ0v) is 23.1. The second kappa shape index (κ2) is 16.6. The highest BCUT2D eigenvalue weighted by atomic mass is 16.5. The Bertz CT molecular complexity index is 1060. The monoisotopic (exact) mass is 553 g/mol. The third-order valence-electron chi connectivity index (χ3n) is 6.86. The van der Waals surface area contributed by atoms with Crippen LogP contribution in [0.4, 0.5) is 5.69 Å². The third kappa shape index (κ3) is 9.91. The molecular formula is C29H43N7O4. The minimum Gasteiger partial charge on any atom is -0.378 e. The van der Waals surface area contributed by atoms with Gasteiger partial charge < -0.3 is 42.4 Å². The lowest BCUT2D eigenvalue weighted by atomic mass is 10.0. The van der Waals surface area contributed by atoms with Crippen LogP contribution < -0.4 is 32.7 Å². The van der Waals surface area contributed by atoms with E-state index in [2.05, 4.69) is 15.5 Å². The number of hydrogen-bond acceptors (Lipinski definition) is 8. The third-order valence-corrected chi connectivity index (χ3v) is 6.86.